The summed E-state index contributed by atoms with van der Waals surface area (Å²) in [7, 11) is -3.59. The van der Waals surface area contributed by atoms with Gasteiger partial charge in [-0.15, -0.1) is 0 Å². The number of hydrogen-bond acceptors (Lipinski definition) is 6. The third-order valence-electron chi connectivity index (χ3n) is 3.40. The third kappa shape index (κ3) is 4.65. The molecule has 0 spiro atoms. The number of ether oxygens (including phenoxy) is 1. The largest absolute Gasteiger partial charge is 0.455 e. The second-order valence-corrected chi connectivity index (χ2v) is 7.17. The Bertz CT molecular complexity index is 796. The number of sulfonamides is 1. The van der Waals surface area contributed by atoms with E-state index in [9.17, 15) is 13.2 Å². The van der Waals surface area contributed by atoms with Crippen LogP contribution in [0.2, 0.25) is 0 Å². The smallest absolute Gasteiger partial charge is 0.338 e. The maximum Gasteiger partial charge on any atom is 0.338 e. The second-order valence-electron chi connectivity index (χ2n) is 5.46. The van der Waals surface area contributed by atoms with Crippen LogP contribution < -0.4 is 4.72 Å². The summed E-state index contributed by atoms with van der Waals surface area (Å²) in [6.07, 6.45) is 0.686. The number of nitrogens with one attached hydrogen (secondary N) is 1. The first-order chi connectivity index (χ1) is 11.3. The lowest BCUT2D eigenvalue weighted by Gasteiger charge is -2.12. The first-order valence-corrected chi connectivity index (χ1v) is 9.02. The molecule has 24 heavy (non-hydrogen) atoms. The van der Waals surface area contributed by atoms with Crippen LogP contribution >= 0.6 is 0 Å². The van der Waals surface area contributed by atoms with Gasteiger partial charge < -0.3 is 9.26 Å². The molecule has 2 aromatic rings. The SMILES string of the molecule is CCC(C)NS(=O)(=O)c1ccc(C(=O)OCc2cc(C)on2)cc1. The number of aryl methyl sites for hydroxylation is 1. The van der Waals surface area contributed by atoms with E-state index >= 15 is 0 Å². The quantitative estimate of drug-likeness (QED) is 0.768. The number of aromatic nitrogens is 1. The highest BCUT2D eigenvalue weighted by Gasteiger charge is 2.17. The summed E-state index contributed by atoms with van der Waals surface area (Å²) in [4.78, 5) is 12.1. The van der Waals surface area contributed by atoms with Crippen LogP contribution in [0.15, 0.2) is 39.8 Å². The van der Waals surface area contributed by atoms with Gasteiger partial charge in [0.1, 0.15) is 18.1 Å². The van der Waals surface area contributed by atoms with E-state index in [1.807, 2.05) is 6.92 Å². The van der Waals surface area contributed by atoms with Gasteiger partial charge in [0, 0.05) is 12.1 Å². The van der Waals surface area contributed by atoms with Gasteiger partial charge in [-0.3, -0.25) is 0 Å². The number of esters is 1. The van der Waals surface area contributed by atoms with Gasteiger partial charge in [0.05, 0.1) is 10.5 Å². The Hall–Kier alpha value is -2.19. The Morgan fingerprint density at radius 2 is 2.00 bits per heavy atom. The first kappa shape index (κ1) is 18.2. The molecule has 0 saturated heterocycles. The lowest BCUT2D eigenvalue weighted by molar-refractivity contribution is 0.0464. The summed E-state index contributed by atoms with van der Waals surface area (Å²) in [6, 6.07) is 7.10. The number of hydrogen-bond donors (Lipinski definition) is 1. The molecule has 1 aromatic carbocycles. The van der Waals surface area contributed by atoms with Crippen molar-refractivity contribution < 1.29 is 22.5 Å². The van der Waals surface area contributed by atoms with E-state index in [0.29, 0.717) is 17.9 Å². The number of nitrogens with zero attached hydrogens (tertiary/aromatic N) is 1. The van der Waals surface area contributed by atoms with Crippen LogP contribution in [0.1, 0.15) is 42.1 Å². The van der Waals surface area contributed by atoms with E-state index in [2.05, 4.69) is 9.88 Å². The second kappa shape index (κ2) is 7.59. The van der Waals surface area contributed by atoms with Crippen molar-refractivity contribution in [3.05, 3.63) is 47.3 Å². The third-order valence-corrected chi connectivity index (χ3v) is 5.00. The zero-order valence-electron chi connectivity index (χ0n) is 13.8. The molecule has 7 nitrogen and oxygen atoms in total. The van der Waals surface area contributed by atoms with Gasteiger partial charge in [-0.1, -0.05) is 12.1 Å². The van der Waals surface area contributed by atoms with E-state index in [4.69, 9.17) is 9.26 Å². The fourth-order valence-electron chi connectivity index (χ4n) is 1.90. The topological polar surface area (TPSA) is 98.5 Å². The molecule has 1 N–H and O–H groups in total. The fraction of sp³-hybridized carbons (Fsp3) is 0.375. The molecule has 0 aliphatic carbocycles. The predicted molar refractivity (Wildman–Crippen MR) is 86.9 cm³/mol. The van der Waals surface area contributed by atoms with Crippen LogP contribution in [0.3, 0.4) is 0 Å². The van der Waals surface area contributed by atoms with Gasteiger partial charge in [0.2, 0.25) is 10.0 Å². The molecular weight excluding hydrogens is 332 g/mol. The zero-order chi connectivity index (χ0) is 17.7. The zero-order valence-corrected chi connectivity index (χ0v) is 14.6. The van der Waals surface area contributed by atoms with Crippen LogP contribution in [-0.2, 0) is 21.4 Å². The average molecular weight is 352 g/mol. The van der Waals surface area contributed by atoms with Gasteiger partial charge in [-0.2, -0.15) is 0 Å². The highest BCUT2D eigenvalue weighted by atomic mass is 32.2. The molecule has 8 heteroatoms. The molecule has 130 valence electrons. The molecule has 0 amide bonds. The summed E-state index contributed by atoms with van der Waals surface area (Å²) < 4.78 is 36.8. The Morgan fingerprint density at radius 1 is 1.33 bits per heavy atom. The molecule has 0 bridgehead atoms. The van der Waals surface area contributed by atoms with E-state index in [1.165, 1.54) is 24.3 Å². The molecule has 1 heterocycles. The molecular formula is C16H20N2O5S. The molecule has 0 saturated carbocycles. The molecule has 2 rings (SSSR count). The molecule has 0 fully saturated rings. The Labute approximate surface area is 141 Å². The van der Waals surface area contributed by atoms with Crippen molar-refractivity contribution in [2.45, 2.75) is 44.7 Å². The van der Waals surface area contributed by atoms with Crippen molar-refractivity contribution in [3.8, 4) is 0 Å². The Morgan fingerprint density at radius 3 is 2.54 bits per heavy atom. The summed E-state index contributed by atoms with van der Waals surface area (Å²) >= 11 is 0. The number of rotatable bonds is 7. The highest BCUT2D eigenvalue weighted by Crippen LogP contribution is 2.13. The average Bonchev–Trinajstić information content (AvgIpc) is 2.97. The fourth-order valence-corrected chi connectivity index (χ4v) is 3.22. The number of carbonyl (C=O) groups excluding carboxylic acids is 1. The van der Waals surface area contributed by atoms with Gasteiger partial charge in [0.25, 0.3) is 0 Å². The van der Waals surface area contributed by atoms with Crippen molar-refractivity contribution in [1.29, 1.82) is 0 Å². The van der Waals surface area contributed by atoms with E-state index in [1.54, 1.807) is 19.9 Å². The first-order valence-electron chi connectivity index (χ1n) is 7.53. The maximum absolute atomic E-state index is 12.1. The van der Waals surface area contributed by atoms with E-state index in [0.717, 1.165) is 0 Å². The molecule has 0 aliphatic heterocycles. The molecule has 0 aliphatic rings. The summed E-state index contributed by atoms with van der Waals surface area (Å²) in [5.74, 6) is 0.0684. The standard InChI is InChI=1S/C16H20N2O5S/c1-4-11(2)18-24(20,21)15-7-5-13(6-8-15)16(19)22-10-14-9-12(3)23-17-14/h5-9,11,18H,4,10H2,1-3H3. The summed E-state index contributed by atoms with van der Waals surface area (Å²) in [5, 5.41) is 3.72. The van der Waals surface area contributed by atoms with Crippen LogP contribution in [0.4, 0.5) is 0 Å². The Kier molecular flexibility index (Phi) is 5.74. The number of carbonyl (C=O) groups is 1. The van der Waals surface area contributed by atoms with Crippen molar-refractivity contribution in [3.63, 3.8) is 0 Å². The maximum atomic E-state index is 12.1. The van der Waals surface area contributed by atoms with Crippen LogP contribution in [0, 0.1) is 6.92 Å². The minimum atomic E-state index is -3.59. The summed E-state index contributed by atoms with van der Waals surface area (Å²) in [5.41, 5.74) is 0.774. The minimum Gasteiger partial charge on any atom is -0.455 e. The molecule has 0 radical (unpaired) electrons. The van der Waals surface area contributed by atoms with Crippen LogP contribution in [-0.4, -0.2) is 25.6 Å². The van der Waals surface area contributed by atoms with Gasteiger partial charge in [0.15, 0.2) is 0 Å². The van der Waals surface area contributed by atoms with Crippen LogP contribution in [0.5, 0.6) is 0 Å². The van der Waals surface area contributed by atoms with Crippen molar-refractivity contribution in [2.24, 2.45) is 0 Å². The monoisotopic (exact) mass is 352 g/mol. The van der Waals surface area contributed by atoms with Crippen molar-refractivity contribution >= 4 is 16.0 Å². The predicted octanol–water partition coefficient (Wildman–Crippen LogP) is 2.42. The highest BCUT2D eigenvalue weighted by molar-refractivity contribution is 7.89. The molecule has 1 aromatic heterocycles. The van der Waals surface area contributed by atoms with Crippen molar-refractivity contribution in [1.82, 2.24) is 9.88 Å². The lowest BCUT2D eigenvalue weighted by atomic mass is 10.2. The lowest BCUT2D eigenvalue weighted by Crippen LogP contribution is -2.32. The Balaban J connectivity index is 2.01. The minimum absolute atomic E-state index is 0.00814. The number of benzene rings is 1. The molecule has 1 atom stereocenters. The normalized spacial score (nSPS) is 12.8. The van der Waals surface area contributed by atoms with Gasteiger partial charge >= 0.3 is 5.97 Å². The van der Waals surface area contributed by atoms with Crippen molar-refractivity contribution in [2.75, 3.05) is 0 Å². The molecule has 1 unspecified atom stereocenters. The van der Waals surface area contributed by atoms with E-state index in [-0.39, 0.29) is 23.1 Å². The van der Waals surface area contributed by atoms with Crippen LogP contribution in [0.25, 0.3) is 0 Å². The van der Waals surface area contributed by atoms with Gasteiger partial charge in [-0.05, 0) is 44.5 Å². The van der Waals surface area contributed by atoms with Gasteiger partial charge in [-0.25, -0.2) is 17.9 Å². The van der Waals surface area contributed by atoms with E-state index < -0.39 is 16.0 Å². The summed E-state index contributed by atoms with van der Waals surface area (Å²) in [6.45, 7) is 5.41.